The number of carbonyl (C=O) groups excluding carboxylic acids is 1. The van der Waals surface area contributed by atoms with Gasteiger partial charge in [-0.3, -0.25) is 4.79 Å². The molecule has 0 radical (unpaired) electrons. The highest BCUT2D eigenvalue weighted by Gasteiger charge is 2.57. The molecule has 18 N–H and O–H groups in total. The lowest BCUT2D eigenvalue weighted by Crippen LogP contribution is -2.70. The molecule has 0 aromatic heterocycles. The summed E-state index contributed by atoms with van der Waals surface area (Å²) in [7, 11) is 0. The molecule has 422 valence electrons. The van der Waals surface area contributed by atoms with Gasteiger partial charge in [-0.15, -0.1) is 0 Å². The molecule has 5 aliphatic heterocycles. The van der Waals surface area contributed by atoms with Gasteiger partial charge in [-0.25, -0.2) is 0 Å². The average Bonchev–Trinajstić information content (AvgIpc) is 3.35. The van der Waals surface area contributed by atoms with Crippen LogP contribution in [0.5, 0.6) is 0 Å². The van der Waals surface area contributed by atoms with E-state index >= 15 is 0 Å². The molecule has 0 saturated carbocycles. The summed E-state index contributed by atoms with van der Waals surface area (Å²) in [6.07, 6.45) is -50.0. The summed E-state index contributed by atoms with van der Waals surface area (Å²) in [6, 6.07) is -1.77. The van der Waals surface area contributed by atoms with Gasteiger partial charge in [0.05, 0.1) is 45.7 Å². The van der Waals surface area contributed by atoms with Crippen molar-refractivity contribution >= 4 is 5.91 Å². The van der Waals surface area contributed by atoms with E-state index in [1.807, 2.05) is 0 Å². The van der Waals surface area contributed by atoms with E-state index < -0.39 is 224 Å². The molecule has 11 unspecified atom stereocenters. The lowest BCUT2D eigenvalue weighted by atomic mass is 9.94. The number of hydrogen-bond acceptors (Lipinski definition) is 30. The Morgan fingerprint density at radius 3 is 1.57 bits per heavy atom. The molecule has 1 amide bonds. The molecule has 5 saturated heterocycles. The number of carbonyl (C=O) groups is 1. The second-order valence-corrected chi connectivity index (χ2v) is 17.9. The Hall–Kier alpha value is -1.69. The Morgan fingerprint density at radius 1 is 0.514 bits per heavy atom. The van der Waals surface area contributed by atoms with E-state index in [4.69, 9.17) is 56.8 Å². The molecule has 31 heteroatoms. The molecule has 0 aromatic carbocycles. The fraction of sp³-hybridized carbons (Fsp3) is 0.976. The molecule has 29 atom stereocenters. The van der Waals surface area contributed by atoms with Crippen LogP contribution in [-0.2, 0) is 61.6 Å². The Morgan fingerprint density at radius 2 is 1.01 bits per heavy atom. The fourth-order valence-electron chi connectivity index (χ4n) is 8.74. The van der Waals surface area contributed by atoms with Gasteiger partial charge in [0.1, 0.15) is 134 Å². The highest BCUT2D eigenvalue weighted by Crippen LogP contribution is 2.36. The van der Waals surface area contributed by atoms with Crippen LogP contribution in [0.4, 0.5) is 0 Å². The maximum atomic E-state index is 12.8. The third-order valence-electron chi connectivity index (χ3n) is 12.8. The van der Waals surface area contributed by atoms with E-state index in [9.17, 15) is 91.6 Å². The van der Waals surface area contributed by atoms with E-state index in [-0.39, 0.29) is 6.61 Å². The van der Waals surface area contributed by atoms with Crippen LogP contribution in [0.15, 0.2) is 0 Å². The second kappa shape index (κ2) is 27.6. The average molecular weight is 1060 g/mol. The summed E-state index contributed by atoms with van der Waals surface area (Å²) in [5.41, 5.74) is 0. The van der Waals surface area contributed by atoms with Crippen LogP contribution in [0.3, 0.4) is 0 Å². The maximum Gasteiger partial charge on any atom is 0.217 e. The van der Waals surface area contributed by atoms with Gasteiger partial charge >= 0.3 is 0 Å². The highest BCUT2D eigenvalue weighted by molar-refractivity contribution is 5.73. The van der Waals surface area contributed by atoms with Gasteiger partial charge in [-0.05, 0) is 20.8 Å². The number of aliphatic hydroxyl groups excluding tert-OH is 17. The van der Waals surface area contributed by atoms with Crippen LogP contribution in [0, 0.1) is 0 Å². The number of ether oxygens (including phenoxy) is 12. The van der Waals surface area contributed by atoms with Crippen molar-refractivity contribution in [3.63, 3.8) is 0 Å². The van der Waals surface area contributed by atoms with Gasteiger partial charge in [-0.2, -0.15) is 0 Å². The molecule has 31 nitrogen and oxygen atoms in total. The van der Waals surface area contributed by atoms with Crippen LogP contribution in [0.25, 0.3) is 0 Å². The van der Waals surface area contributed by atoms with E-state index in [1.165, 1.54) is 13.8 Å². The maximum absolute atomic E-state index is 12.8. The van der Waals surface area contributed by atoms with Crippen LogP contribution in [-0.4, -0.2) is 317 Å². The molecule has 5 aliphatic rings. The molecular formula is C41H73NO30. The molecule has 0 aromatic rings. The molecule has 0 bridgehead atoms. The predicted octanol–water partition coefficient (Wildman–Crippen LogP) is -11.2. The van der Waals surface area contributed by atoms with Crippen molar-refractivity contribution in [3.05, 3.63) is 0 Å². The first-order valence-electron chi connectivity index (χ1n) is 23.3. The minimum absolute atomic E-state index is 0.0597. The Kier molecular flexibility index (Phi) is 23.4. The quantitative estimate of drug-likeness (QED) is 0.0423. The SMILES string of the molecule is CCO[C@@H]1OC(CO)[C@@H](O[C@H](OC(CO)[C@@H](CO)O[C@H]2OC(CO)[C@H](O)[C@H](O[C@@H]3OC(CO)[C@H](O)C(O[C@@H]4OC(CO)[C@H](O)C(O)[C@@H]4O[C@@H]4OC(C)[C@@H](O)C(O)[C@@H]4O)[C@@H]3NC(C)=O)C2O)[C@H](C)O)C(O)[C@@H]1O. The van der Waals surface area contributed by atoms with Gasteiger partial charge in [0.25, 0.3) is 0 Å². The largest absolute Gasteiger partial charge is 0.394 e. The van der Waals surface area contributed by atoms with Crippen LogP contribution >= 0.6 is 0 Å². The third kappa shape index (κ3) is 13.9. The van der Waals surface area contributed by atoms with Crippen molar-refractivity contribution in [1.82, 2.24) is 5.32 Å². The zero-order valence-corrected chi connectivity index (χ0v) is 39.6. The molecule has 5 fully saturated rings. The van der Waals surface area contributed by atoms with Gasteiger partial charge < -0.3 is 149 Å². The molecule has 0 aliphatic carbocycles. The normalized spacial score (nSPS) is 45.8. The summed E-state index contributed by atoms with van der Waals surface area (Å²) in [6.45, 7) is -0.628. The topological polar surface area (TPSA) is 484 Å². The first-order valence-corrected chi connectivity index (χ1v) is 23.3. The zero-order chi connectivity index (χ0) is 53.5. The standard InChI is InChI=1S/C41H73NO30/c1-5-61-38-30(59)28(57)32(20(11-48)68-38)69-36(12(2)49)63-15(6-43)16(7-44)64-40-31(60)34(25(54)19(10-47)66-40)71-37-21(42-14(4)50)33(24(53)18(9-46)65-37)70-41-35(27(56)23(52)17(8-45)67-41)72-39-29(58)26(55)22(51)13(3)62-39/h12-13,15-41,43-49,51-60H,5-11H2,1-4H3,(H,42,50)/t12-,13?,15?,16+,17?,18?,19?,20?,21-,22+,23-,24-,25-,26?,27?,28?,29-,30-,31?,32+,33?,34-,35-,36-,37-,38+,39-,40-,41-/m0/s1. The zero-order valence-electron chi connectivity index (χ0n) is 39.6. The predicted molar refractivity (Wildman–Crippen MR) is 225 cm³/mol. The third-order valence-corrected chi connectivity index (χ3v) is 12.8. The van der Waals surface area contributed by atoms with Gasteiger partial charge in [0.15, 0.2) is 37.7 Å². The van der Waals surface area contributed by atoms with E-state index in [0.29, 0.717) is 0 Å². The Bertz CT molecular complexity index is 1610. The van der Waals surface area contributed by atoms with Crippen LogP contribution in [0.2, 0.25) is 0 Å². The van der Waals surface area contributed by atoms with Crippen molar-refractivity contribution in [3.8, 4) is 0 Å². The second-order valence-electron chi connectivity index (χ2n) is 17.9. The molecular weight excluding hydrogens is 986 g/mol. The van der Waals surface area contributed by atoms with Gasteiger partial charge in [0.2, 0.25) is 5.91 Å². The number of amides is 1. The summed E-state index contributed by atoms with van der Waals surface area (Å²) in [5.74, 6) is -0.854. The summed E-state index contributed by atoms with van der Waals surface area (Å²) < 4.78 is 68.7. The van der Waals surface area contributed by atoms with E-state index in [0.717, 1.165) is 6.92 Å². The molecule has 5 heterocycles. The summed E-state index contributed by atoms with van der Waals surface area (Å²) in [4.78, 5) is 12.8. The Balaban J connectivity index is 1.39. The van der Waals surface area contributed by atoms with Gasteiger partial charge in [0, 0.05) is 13.5 Å². The minimum atomic E-state index is -2.18. The van der Waals surface area contributed by atoms with Crippen LogP contribution < -0.4 is 5.32 Å². The van der Waals surface area contributed by atoms with Crippen molar-refractivity contribution in [2.75, 3.05) is 46.2 Å². The lowest BCUT2D eigenvalue weighted by molar-refractivity contribution is -0.388. The minimum Gasteiger partial charge on any atom is -0.394 e. The molecule has 0 spiro atoms. The lowest BCUT2D eigenvalue weighted by Gasteiger charge is -2.50. The van der Waals surface area contributed by atoms with E-state index in [1.54, 1.807) is 6.92 Å². The first kappa shape index (κ1) is 61.2. The van der Waals surface area contributed by atoms with Gasteiger partial charge in [-0.1, -0.05) is 0 Å². The smallest absolute Gasteiger partial charge is 0.217 e. The van der Waals surface area contributed by atoms with Crippen LogP contribution in [0.1, 0.15) is 27.7 Å². The summed E-state index contributed by atoms with van der Waals surface area (Å²) in [5, 5.41) is 184. The summed E-state index contributed by atoms with van der Waals surface area (Å²) >= 11 is 0. The Labute approximate surface area is 411 Å². The highest BCUT2D eigenvalue weighted by atomic mass is 16.8. The fourth-order valence-corrected chi connectivity index (χ4v) is 8.74. The van der Waals surface area contributed by atoms with Crippen molar-refractivity contribution in [1.29, 1.82) is 0 Å². The van der Waals surface area contributed by atoms with E-state index in [2.05, 4.69) is 5.32 Å². The first-order chi connectivity index (χ1) is 34.1. The number of aliphatic hydroxyl groups is 17. The molecule has 72 heavy (non-hydrogen) atoms. The number of nitrogens with one attached hydrogen (secondary N) is 1. The molecule has 5 rings (SSSR count). The number of hydrogen-bond donors (Lipinski definition) is 18. The van der Waals surface area contributed by atoms with Crippen molar-refractivity contribution in [2.45, 2.75) is 206 Å². The van der Waals surface area contributed by atoms with Crippen molar-refractivity contribution < 1.29 is 148 Å². The number of rotatable bonds is 23. The monoisotopic (exact) mass is 1060 g/mol. The van der Waals surface area contributed by atoms with Crippen molar-refractivity contribution in [2.24, 2.45) is 0 Å².